The summed E-state index contributed by atoms with van der Waals surface area (Å²) in [6.07, 6.45) is 0. The molecule has 0 aliphatic carbocycles. The van der Waals surface area contributed by atoms with E-state index in [0.29, 0.717) is 22.3 Å². The highest BCUT2D eigenvalue weighted by Gasteiger charge is 2.22. The standard InChI is InChI=1S/C40H24O.C34H22/c1-2-13-27-24-37-35(23-26(27)12-1)40-34(21-10-22-36(40)41-37)39-32-18-7-5-16-30(32)38(31-17-6-8-19-33(31)39)29-20-9-14-25-11-3-4-15-28(25)29;1-2-12-25-22-26(21-20-23(25)10-1)33-29-15-5-7-17-31(29)34(32-18-8-6-16-30(32)33)28-19-9-13-24-11-3-4-14-27(24)28/h1-24H;1-22H/i;5D,6D,7D,8D,15D,16D,17D,18D. The summed E-state index contributed by atoms with van der Waals surface area (Å²) in [4.78, 5) is 0. The van der Waals surface area contributed by atoms with Crippen LogP contribution in [-0.4, -0.2) is 0 Å². The van der Waals surface area contributed by atoms with Gasteiger partial charge in [0.2, 0.25) is 0 Å². The summed E-state index contributed by atoms with van der Waals surface area (Å²) in [5, 5.41) is 16.7. The van der Waals surface area contributed by atoms with Crippen LogP contribution in [0.3, 0.4) is 0 Å². The minimum absolute atomic E-state index is 0.219. The first-order valence-corrected chi connectivity index (χ1v) is 25.2. The quantitative estimate of drug-likeness (QED) is 0.160. The molecular formula is C74H46O. The molecule has 0 aliphatic heterocycles. The summed E-state index contributed by atoms with van der Waals surface area (Å²) in [7, 11) is 0. The van der Waals surface area contributed by atoms with Gasteiger partial charge in [0.15, 0.2) is 0 Å². The molecule has 0 saturated heterocycles. The number of furan rings is 1. The molecule has 0 fully saturated rings. The molecule has 348 valence electrons. The van der Waals surface area contributed by atoms with Crippen LogP contribution in [0, 0.1) is 0 Å². The van der Waals surface area contributed by atoms with Crippen LogP contribution in [0.2, 0.25) is 0 Å². The zero-order chi connectivity index (χ0) is 56.4. The molecule has 1 aromatic heterocycles. The Morgan fingerprint density at radius 2 is 0.627 bits per heavy atom. The van der Waals surface area contributed by atoms with Gasteiger partial charge in [-0.2, -0.15) is 0 Å². The van der Waals surface area contributed by atoms with Gasteiger partial charge < -0.3 is 4.42 Å². The van der Waals surface area contributed by atoms with Crippen molar-refractivity contribution in [1.82, 2.24) is 0 Å². The van der Waals surface area contributed by atoms with Crippen LogP contribution in [-0.2, 0) is 0 Å². The molecule has 16 aromatic rings. The van der Waals surface area contributed by atoms with Crippen molar-refractivity contribution < 1.29 is 15.4 Å². The Hall–Kier alpha value is -9.82. The lowest BCUT2D eigenvalue weighted by Crippen LogP contribution is -1.92. The molecule has 0 radical (unpaired) electrons. The highest BCUT2D eigenvalue weighted by atomic mass is 16.3. The number of hydrogen-bond acceptors (Lipinski definition) is 1. The van der Waals surface area contributed by atoms with Crippen molar-refractivity contribution in [1.29, 1.82) is 0 Å². The molecular weight excluding hydrogens is 905 g/mol. The van der Waals surface area contributed by atoms with Crippen molar-refractivity contribution in [2.24, 2.45) is 0 Å². The van der Waals surface area contributed by atoms with E-state index in [2.05, 4.69) is 146 Å². The third-order valence-corrected chi connectivity index (χ3v) is 15.1. The fourth-order valence-corrected chi connectivity index (χ4v) is 11.8. The van der Waals surface area contributed by atoms with E-state index in [0.717, 1.165) is 38.1 Å². The van der Waals surface area contributed by atoms with Gasteiger partial charge in [0, 0.05) is 10.8 Å². The van der Waals surface area contributed by atoms with E-state index < -0.39 is 24.2 Å². The zero-order valence-electron chi connectivity index (χ0n) is 48.3. The van der Waals surface area contributed by atoms with Crippen LogP contribution in [0.1, 0.15) is 11.0 Å². The molecule has 0 saturated carbocycles. The normalized spacial score (nSPS) is 13.2. The van der Waals surface area contributed by atoms with Crippen molar-refractivity contribution in [3.05, 3.63) is 279 Å². The summed E-state index contributed by atoms with van der Waals surface area (Å²) < 4.78 is 77.4. The van der Waals surface area contributed by atoms with E-state index in [1.54, 1.807) is 0 Å². The van der Waals surface area contributed by atoms with E-state index in [4.69, 9.17) is 15.4 Å². The third-order valence-electron chi connectivity index (χ3n) is 15.1. The number of hydrogen-bond donors (Lipinski definition) is 0. The molecule has 0 N–H and O–H groups in total. The molecule has 16 rings (SSSR count). The molecule has 75 heavy (non-hydrogen) atoms. The first-order valence-electron chi connectivity index (χ1n) is 29.2. The zero-order valence-corrected chi connectivity index (χ0v) is 40.3. The lowest BCUT2D eigenvalue weighted by Gasteiger charge is -2.19. The van der Waals surface area contributed by atoms with Crippen molar-refractivity contribution in [2.75, 3.05) is 0 Å². The van der Waals surface area contributed by atoms with Gasteiger partial charge in [-0.1, -0.05) is 255 Å². The Kier molecular flexibility index (Phi) is 8.22. The molecule has 0 bridgehead atoms. The summed E-state index contributed by atoms with van der Waals surface area (Å²) in [6.45, 7) is 0. The fourth-order valence-electron chi connectivity index (χ4n) is 11.8. The third kappa shape index (κ3) is 6.93. The number of benzene rings is 15. The summed E-state index contributed by atoms with van der Waals surface area (Å²) in [5.41, 5.74) is 8.79. The largest absolute Gasteiger partial charge is 0.456 e. The van der Waals surface area contributed by atoms with Crippen LogP contribution in [0.15, 0.2) is 283 Å². The SMILES string of the molecule is [2H]c1c([2H])c([2H])c2c(-c3cccc4ccccc34)c3c([2H])c([2H])c([2H])c([2H])c3c(-c3ccc4ccccc4c3)c2c1[2H].c1ccc2cc3c(cc2c1)oc1cccc(-c2c4ccccc4c(-c4cccc5ccccc45)c4ccccc24)c13. The predicted octanol–water partition coefficient (Wildman–Crippen LogP) is 21.2. The van der Waals surface area contributed by atoms with Crippen LogP contribution >= 0.6 is 0 Å². The maximum absolute atomic E-state index is 9.13. The van der Waals surface area contributed by atoms with Crippen LogP contribution in [0.25, 0.3) is 153 Å². The van der Waals surface area contributed by atoms with Gasteiger partial charge >= 0.3 is 0 Å². The average molecular weight is 959 g/mol. The van der Waals surface area contributed by atoms with E-state index >= 15 is 0 Å². The highest BCUT2D eigenvalue weighted by Crippen LogP contribution is 2.49. The van der Waals surface area contributed by atoms with Gasteiger partial charge in [0.1, 0.15) is 11.2 Å². The molecule has 0 spiro atoms. The molecule has 0 unspecified atom stereocenters. The Morgan fingerprint density at radius 1 is 0.240 bits per heavy atom. The predicted molar refractivity (Wildman–Crippen MR) is 322 cm³/mol. The lowest BCUT2D eigenvalue weighted by atomic mass is 9.84. The molecule has 1 heteroatoms. The van der Waals surface area contributed by atoms with E-state index in [9.17, 15) is 0 Å². The average Bonchev–Trinajstić information content (AvgIpc) is 3.14. The van der Waals surface area contributed by atoms with Crippen molar-refractivity contribution in [3.8, 4) is 44.5 Å². The Morgan fingerprint density at radius 3 is 1.17 bits per heavy atom. The number of fused-ring (bicyclic) bond motifs is 11. The van der Waals surface area contributed by atoms with E-state index in [-0.39, 0.29) is 45.7 Å². The molecule has 0 aliphatic rings. The monoisotopic (exact) mass is 958 g/mol. The van der Waals surface area contributed by atoms with Crippen molar-refractivity contribution >= 4 is 108 Å². The second-order valence-electron chi connectivity index (χ2n) is 19.2. The van der Waals surface area contributed by atoms with Crippen LogP contribution in [0.4, 0.5) is 0 Å². The second-order valence-corrected chi connectivity index (χ2v) is 19.2. The summed E-state index contributed by atoms with van der Waals surface area (Å²) >= 11 is 0. The Balaban J connectivity index is 0.000000142. The Bertz CT molecular complexity index is 5300. The van der Waals surface area contributed by atoms with Crippen LogP contribution in [0.5, 0.6) is 0 Å². The van der Waals surface area contributed by atoms with E-state index in [1.807, 2.05) is 84.9 Å². The van der Waals surface area contributed by atoms with Gasteiger partial charge in [-0.15, -0.1) is 0 Å². The van der Waals surface area contributed by atoms with Gasteiger partial charge in [-0.25, -0.2) is 0 Å². The van der Waals surface area contributed by atoms with Gasteiger partial charge in [-0.05, 0) is 155 Å². The van der Waals surface area contributed by atoms with E-state index in [1.165, 1.54) is 70.7 Å². The van der Waals surface area contributed by atoms with Crippen molar-refractivity contribution in [2.45, 2.75) is 0 Å². The minimum Gasteiger partial charge on any atom is -0.456 e. The first kappa shape index (κ1) is 35.3. The molecule has 0 amide bonds. The van der Waals surface area contributed by atoms with Gasteiger partial charge in [-0.3, -0.25) is 0 Å². The first-order chi connectivity index (χ1) is 40.5. The fraction of sp³-hybridized carbons (Fsp3) is 0. The maximum Gasteiger partial charge on any atom is 0.136 e. The van der Waals surface area contributed by atoms with Crippen molar-refractivity contribution in [3.63, 3.8) is 0 Å². The highest BCUT2D eigenvalue weighted by molar-refractivity contribution is 6.28. The minimum atomic E-state index is -0.404. The molecule has 15 aromatic carbocycles. The number of rotatable bonds is 4. The maximum atomic E-state index is 9.13. The molecule has 1 heterocycles. The summed E-state index contributed by atoms with van der Waals surface area (Å²) in [6, 6.07) is 76.6. The topological polar surface area (TPSA) is 13.1 Å². The van der Waals surface area contributed by atoms with Gasteiger partial charge in [0.25, 0.3) is 0 Å². The Labute approximate surface area is 445 Å². The smallest absolute Gasteiger partial charge is 0.136 e. The molecule has 0 atom stereocenters. The van der Waals surface area contributed by atoms with Gasteiger partial charge in [0.05, 0.1) is 11.0 Å². The second kappa shape index (κ2) is 17.4. The molecule has 1 nitrogen and oxygen atoms in total. The van der Waals surface area contributed by atoms with Crippen LogP contribution < -0.4 is 0 Å². The summed E-state index contributed by atoms with van der Waals surface area (Å²) in [5.74, 6) is 0. The lowest BCUT2D eigenvalue weighted by molar-refractivity contribution is 0.669.